The van der Waals surface area contributed by atoms with Crippen LogP contribution in [0.5, 0.6) is 0 Å². The summed E-state index contributed by atoms with van der Waals surface area (Å²) in [6.07, 6.45) is 0. The zero-order valence-electron chi connectivity index (χ0n) is 12.8. The van der Waals surface area contributed by atoms with E-state index >= 15 is 0 Å². The standard InChI is InChI=1S/C16H13ClN2O5S/c17-11-3-6-13(16(21)22)14(7-11)18-15(20)9-25-8-10-1-4-12(5-2-10)19(23)24/h1-7H,8-9H2,(H,18,20)(H,21,22). The lowest BCUT2D eigenvalue weighted by molar-refractivity contribution is -0.384. The maximum Gasteiger partial charge on any atom is 0.337 e. The Labute approximate surface area is 152 Å². The molecule has 7 nitrogen and oxygen atoms in total. The van der Waals surface area contributed by atoms with Crippen molar-refractivity contribution >= 4 is 46.6 Å². The third-order valence-electron chi connectivity index (χ3n) is 3.14. The van der Waals surface area contributed by atoms with E-state index in [2.05, 4.69) is 5.32 Å². The van der Waals surface area contributed by atoms with Crippen LogP contribution in [-0.2, 0) is 10.5 Å². The molecule has 0 aliphatic rings. The van der Waals surface area contributed by atoms with Gasteiger partial charge in [-0.25, -0.2) is 4.79 Å². The van der Waals surface area contributed by atoms with Crippen molar-refractivity contribution in [1.82, 2.24) is 0 Å². The van der Waals surface area contributed by atoms with Crippen LogP contribution in [0.1, 0.15) is 15.9 Å². The Balaban J connectivity index is 1.90. The summed E-state index contributed by atoms with van der Waals surface area (Å²) >= 11 is 7.13. The molecule has 0 spiro atoms. The molecule has 2 rings (SSSR count). The van der Waals surface area contributed by atoms with Crippen molar-refractivity contribution in [1.29, 1.82) is 0 Å². The van der Waals surface area contributed by atoms with Crippen LogP contribution in [0.4, 0.5) is 11.4 Å². The second-order valence-electron chi connectivity index (χ2n) is 4.96. The summed E-state index contributed by atoms with van der Waals surface area (Å²) in [5.74, 6) is -0.933. The molecule has 0 aromatic heterocycles. The van der Waals surface area contributed by atoms with E-state index < -0.39 is 10.9 Å². The number of rotatable bonds is 7. The zero-order valence-corrected chi connectivity index (χ0v) is 14.3. The number of nitrogens with one attached hydrogen (secondary N) is 1. The smallest absolute Gasteiger partial charge is 0.337 e. The van der Waals surface area contributed by atoms with E-state index in [0.29, 0.717) is 10.8 Å². The minimum Gasteiger partial charge on any atom is -0.478 e. The van der Waals surface area contributed by atoms with Gasteiger partial charge in [0.15, 0.2) is 0 Å². The van der Waals surface area contributed by atoms with Gasteiger partial charge >= 0.3 is 5.97 Å². The monoisotopic (exact) mass is 380 g/mol. The number of nitrogens with zero attached hydrogens (tertiary/aromatic N) is 1. The Kier molecular flexibility index (Phi) is 6.37. The summed E-state index contributed by atoms with van der Waals surface area (Å²) in [5.41, 5.74) is 0.949. The maximum atomic E-state index is 12.0. The number of carboxylic acids is 1. The molecule has 0 heterocycles. The molecule has 0 fully saturated rings. The average molecular weight is 381 g/mol. The van der Waals surface area contributed by atoms with Gasteiger partial charge in [-0.2, -0.15) is 0 Å². The van der Waals surface area contributed by atoms with Gasteiger partial charge in [0.1, 0.15) is 0 Å². The third-order valence-corrected chi connectivity index (χ3v) is 4.37. The summed E-state index contributed by atoms with van der Waals surface area (Å²) in [5, 5.41) is 22.5. The lowest BCUT2D eigenvalue weighted by Crippen LogP contribution is -2.16. The number of aromatic carboxylic acids is 1. The molecule has 0 atom stereocenters. The number of non-ortho nitro benzene ring substituents is 1. The molecule has 25 heavy (non-hydrogen) atoms. The van der Waals surface area contributed by atoms with Crippen LogP contribution in [0.15, 0.2) is 42.5 Å². The van der Waals surface area contributed by atoms with Crippen molar-refractivity contribution in [2.24, 2.45) is 0 Å². The van der Waals surface area contributed by atoms with Gasteiger partial charge in [-0.1, -0.05) is 23.7 Å². The number of benzene rings is 2. The topological polar surface area (TPSA) is 110 Å². The summed E-state index contributed by atoms with van der Waals surface area (Å²) in [6, 6.07) is 10.2. The van der Waals surface area contributed by atoms with Gasteiger partial charge in [-0.3, -0.25) is 14.9 Å². The van der Waals surface area contributed by atoms with Crippen molar-refractivity contribution in [2.45, 2.75) is 5.75 Å². The molecule has 2 aromatic carbocycles. The number of carbonyl (C=O) groups is 2. The highest BCUT2D eigenvalue weighted by Gasteiger charge is 2.13. The van der Waals surface area contributed by atoms with Crippen LogP contribution in [0.25, 0.3) is 0 Å². The lowest BCUT2D eigenvalue weighted by Gasteiger charge is -2.09. The number of carbonyl (C=O) groups excluding carboxylic acids is 1. The minimum absolute atomic E-state index is 0.00801. The number of hydrogen-bond acceptors (Lipinski definition) is 5. The van der Waals surface area contributed by atoms with E-state index in [9.17, 15) is 19.7 Å². The van der Waals surface area contributed by atoms with Crippen molar-refractivity contribution in [2.75, 3.05) is 11.1 Å². The van der Waals surface area contributed by atoms with Crippen molar-refractivity contribution in [3.63, 3.8) is 0 Å². The molecule has 0 saturated heterocycles. The first-order valence-corrected chi connectivity index (χ1v) is 8.54. The summed E-state index contributed by atoms with van der Waals surface area (Å²) in [4.78, 5) is 33.2. The highest BCUT2D eigenvalue weighted by atomic mass is 35.5. The largest absolute Gasteiger partial charge is 0.478 e. The van der Waals surface area contributed by atoms with E-state index in [1.165, 1.54) is 42.1 Å². The van der Waals surface area contributed by atoms with Crippen molar-refractivity contribution in [3.8, 4) is 0 Å². The number of thioether (sulfide) groups is 1. The fourth-order valence-electron chi connectivity index (χ4n) is 1.97. The number of nitro benzene ring substituents is 1. The molecular weight excluding hydrogens is 368 g/mol. The molecule has 1 amide bonds. The molecule has 2 N–H and O–H groups in total. The number of nitro groups is 1. The number of carboxylic acid groups (broad SMARTS) is 1. The fraction of sp³-hybridized carbons (Fsp3) is 0.125. The van der Waals surface area contributed by atoms with Gasteiger partial charge in [0, 0.05) is 22.9 Å². The van der Waals surface area contributed by atoms with Crippen LogP contribution in [0.2, 0.25) is 5.02 Å². The van der Waals surface area contributed by atoms with Crippen LogP contribution in [0, 0.1) is 10.1 Å². The molecular formula is C16H13ClN2O5S. The minimum atomic E-state index is -1.16. The van der Waals surface area contributed by atoms with E-state index in [-0.39, 0.29) is 28.6 Å². The molecule has 0 radical (unpaired) electrons. The molecule has 0 bridgehead atoms. The molecule has 0 aliphatic heterocycles. The quantitative estimate of drug-likeness (QED) is 0.558. The van der Waals surface area contributed by atoms with E-state index in [0.717, 1.165) is 5.56 Å². The Morgan fingerprint density at radius 2 is 1.88 bits per heavy atom. The molecule has 130 valence electrons. The molecule has 9 heteroatoms. The Hall–Kier alpha value is -2.58. The summed E-state index contributed by atoms with van der Waals surface area (Å²) in [6.45, 7) is 0. The highest BCUT2D eigenvalue weighted by Crippen LogP contribution is 2.22. The van der Waals surface area contributed by atoms with Crippen LogP contribution < -0.4 is 5.32 Å². The number of hydrogen-bond donors (Lipinski definition) is 2. The van der Waals surface area contributed by atoms with Gasteiger partial charge in [-0.05, 0) is 23.8 Å². The van der Waals surface area contributed by atoms with E-state index in [1.807, 2.05) is 0 Å². The third kappa shape index (κ3) is 5.47. The second-order valence-corrected chi connectivity index (χ2v) is 6.38. The lowest BCUT2D eigenvalue weighted by atomic mass is 10.2. The second kappa shape index (κ2) is 8.50. The van der Waals surface area contributed by atoms with Gasteiger partial charge in [0.05, 0.1) is 21.9 Å². The predicted molar refractivity (Wildman–Crippen MR) is 96.3 cm³/mol. The first-order valence-electron chi connectivity index (χ1n) is 7.00. The van der Waals surface area contributed by atoms with Crippen LogP contribution in [-0.4, -0.2) is 27.7 Å². The fourth-order valence-corrected chi connectivity index (χ4v) is 2.93. The number of anilines is 1. The van der Waals surface area contributed by atoms with Gasteiger partial charge in [-0.15, -0.1) is 11.8 Å². The molecule has 0 aliphatic carbocycles. The van der Waals surface area contributed by atoms with Gasteiger partial charge in [0.25, 0.3) is 5.69 Å². The van der Waals surface area contributed by atoms with Crippen LogP contribution in [0.3, 0.4) is 0 Å². The number of amides is 1. The summed E-state index contributed by atoms with van der Waals surface area (Å²) < 4.78 is 0. The van der Waals surface area contributed by atoms with Crippen molar-refractivity contribution < 1.29 is 19.6 Å². The Morgan fingerprint density at radius 1 is 1.20 bits per heavy atom. The summed E-state index contributed by atoms with van der Waals surface area (Å²) in [7, 11) is 0. The normalized spacial score (nSPS) is 10.3. The first kappa shape index (κ1) is 18.8. The molecule has 0 unspecified atom stereocenters. The van der Waals surface area contributed by atoms with E-state index in [1.54, 1.807) is 12.1 Å². The van der Waals surface area contributed by atoms with E-state index in [4.69, 9.17) is 16.7 Å². The average Bonchev–Trinajstić information content (AvgIpc) is 2.55. The molecule has 2 aromatic rings. The Morgan fingerprint density at radius 3 is 2.48 bits per heavy atom. The van der Waals surface area contributed by atoms with Crippen LogP contribution >= 0.6 is 23.4 Å². The zero-order chi connectivity index (χ0) is 18.4. The van der Waals surface area contributed by atoms with Gasteiger partial charge < -0.3 is 10.4 Å². The van der Waals surface area contributed by atoms with Gasteiger partial charge in [0.2, 0.25) is 5.91 Å². The maximum absolute atomic E-state index is 12.0. The van der Waals surface area contributed by atoms with Crippen molar-refractivity contribution in [3.05, 3.63) is 68.7 Å². The SMILES string of the molecule is O=C(CSCc1ccc([N+](=O)[O-])cc1)Nc1cc(Cl)ccc1C(=O)O. The molecule has 0 saturated carbocycles. The highest BCUT2D eigenvalue weighted by molar-refractivity contribution is 7.99. The predicted octanol–water partition coefficient (Wildman–Crippen LogP) is 3.82. The first-order chi connectivity index (χ1) is 11.9. The number of halogens is 1. The Bertz CT molecular complexity index is 811.